The predicted molar refractivity (Wildman–Crippen MR) is 118 cm³/mol. The highest BCUT2D eigenvalue weighted by Gasteiger charge is 2.38. The number of ether oxygens (including phenoxy) is 1. The second kappa shape index (κ2) is 10.9. The van der Waals surface area contributed by atoms with Gasteiger partial charge in [-0.1, -0.05) is 41.9 Å². The zero-order chi connectivity index (χ0) is 24.0. The van der Waals surface area contributed by atoms with Crippen molar-refractivity contribution in [3.8, 4) is 0 Å². The lowest BCUT2D eigenvalue weighted by Crippen LogP contribution is -2.55. The summed E-state index contributed by atoms with van der Waals surface area (Å²) in [5.41, 5.74) is 1.94. The average Bonchev–Trinajstić information content (AvgIpc) is 2.80. The largest absolute Gasteiger partial charge is 0.481 e. The zero-order valence-electron chi connectivity index (χ0n) is 17.5. The Morgan fingerprint density at radius 2 is 1.94 bits per heavy atom. The van der Waals surface area contributed by atoms with Crippen molar-refractivity contribution in [2.24, 2.45) is 0 Å². The summed E-state index contributed by atoms with van der Waals surface area (Å²) in [4.78, 5) is 50.1. The molecule has 2 N–H and O–H groups in total. The van der Waals surface area contributed by atoms with Gasteiger partial charge in [-0.05, 0) is 42.2 Å². The minimum Gasteiger partial charge on any atom is -0.481 e. The van der Waals surface area contributed by atoms with Crippen LogP contribution in [-0.2, 0) is 32.1 Å². The van der Waals surface area contributed by atoms with Gasteiger partial charge in [0.15, 0.2) is 5.78 Å². The number of benzene rings is 2. The number of aliphatic carboxylic acids is 1. The van der Waals surface area contributed by atoms with E-state index < -0.39 is 48.9 Å². The fourth-order valence-electron chi connectivity index (χ4n) is 3.64. The number of amides is 2. The van der Waals surface area contributed by atoms with Gasteiger partial charge in [0, 0.05) is 5.02 Å². The number of ketones is 1. The first kappa shape index (κ1) is 24.2. The van der Waals surface area contributed by atoms with Crippen molar-refractivity contribution >= 4 is 41.0 Å². The third-order valence-corrected chi connectivity index (χ3v) is 5.45. The molecule has 0 radical (unpaired) electrons. The van der Waals surface area contributed by atoms with Crippen LogP contribution in [0.25, 0.3) is 0 Å². The zero-order valence-corrected chi connectivity index (χ0v) is 18.3. The Morgan fingerprint density at radius 3 is 2.64 bits per heavy atom. The van der Waals surface area contributed by atoms with E-state index in [9.17, 15) is 23.6 Å². The number of Topliss-reactive ketones (excluding diaryl/α,β-unsaturated/α-hetero) is 1. The molecule has 0 spiro atoms. The van der Waals surface area contributed by atoms with E-state index in [-0.39, 0.29) is 13.0 Å². The van der Waals surface area contributed by atoms with Crippen LogP contribution in [0.2, 0.25) is 5.02 Å². The van der Waals surface area contributed by atoms with Crippen LogP contribution in [0, 0.1) is 0 Å². The average molecular weight is 477 g/mol. The summed E-state index contributed by atoms with van der Waals surface area (Å²) >= 11 is 5.96. The third-order valence-electron chi connectivity index (χ3n) is 5.22. The first-order valence-corrected chi connectivity index (χ1v) is 10.6. The Morgan fingerprint density at radius 1 is 1.18 bits per heavy atom. The number of carbonyl (C=O) groups excluding carboxylic acids is 3. The molecule has 2 aromatic rings. The highest BCUT2D eigenvalue weighted by atomic mass is 35.5. The van der Waals surface area contributed by atoms with Gasteiger partial charge in [0.25, 0.3) is 0 Å². The van der Waals surface area contributed by atoms with E-state index in [1.165, 1.54) is 4.90 Å². The lowest BCUT2D eigenvalue weighted by atomic mass is 9.95. The molecule has 0 saturated carbocycles. The van der Waals surface area contributed by atoms with Gasteiger partial charge in [0.05, 0.1) is 12.1 Å². The van der Waals surface area contributed by atoms with Gasteiger partial charge in [-0.15, -0.1) is 0 Å². The van der Waals surface area contributed by atoms with Gasteiger partial charge in [-0.2, -0.15) is 0 Å². The molecule has 0 aliphatic carbocycles. The molecule has 1 aliphatic rings. The fraction of sp³-hybridized carbons (Fsp3) is 0.304. The molecule has 2 atom stereocenters. The molecule has 0 aromatic heterocycles. The normalized spacial score (nSPS) is 15.8. The maximum Gasteiger partial charge on any atom is 0.415 e. The molecule has 1 heterocycles. The second-order valence-electron chi connectivity index (χ2n) is 7.50. The van der Waals surface area contributed by atoms with Crippen LogP contribution in [0.4, 0.5) is 14.9 Å². The van der Waals surface area contributed by atoms with Crippen LogP contribution >= 0.6 is 11.6 Å². The third kappa shape index (κ3) is 6.07. The van der Waals surface area contributed by atoms with Crippen LogP contribution in [0.5, 0.6) is 0 Å². The Labute approximate surface area is 194 Å². The minimum absolute atomic E-state index is 0.0889. The number of alkyl halides is 1. The molecule has 174 valence electrons. The maximum absolute atomic E-state index is 13.1. The number of rotatable bonds is 8. The number of hydrogen-bond donors (Lipinski definition) is 2. The van der Waals surface area contributed by atoms with Gasteiger partial charge in [0.1, 0.15) is 25.4 Å². The Bertz CT molecular complexity index is 1060. The highest BCUT2D eigenvalue weighted by molar-refractivity contribution is 6.30. The second-order valence-corrected chi connectivity index (χ2v) is 7.93. The Balaban J connectivity index is 1.83. The highest BCUT2D eigenvalue weighted by Crippen LogP contribution is 2.31. The molecule has 1 aliphatic heterocycles. The number of fused-ring (bicyclic) bond motifs is 1. The summed E-state index contributed by atoms with van der Waals surface area (Å²) in [7, 11) is 0. The van der Waals surface area contributed by atoms with Crippen LogP contribution in [0.3, 0.4) is 0 Å². The number of carboxylic acid groups (broad SMARTS) is 1. The molecule has 0 saturated heterocycles. The predicted octanol–water partition coefficient (Wildman–Crippen LogP) is 3.30. The molecule has 8 nitrogen and oxygen atoms in total. The summed E-state index contributed by atoms with van der Waals surface area (Å²) in [5.74, 6) is -3.19. The molecular formula is C23H22ClFN2O6. The number of hydrogen-bond acceptors (Lipinski definition) is 5. The van der Waals surface area contributed by atoms with Gasteiger partial charge in [0.2, 0.25) is 5.91 Å². The minimum atomic E-state index is -1.54. The quantitative estimate of drug-likeness (QED) is 0.604. The van der Waals surface area contributed by atoms with Crippen molar-refractivity contribution in [1.82, 2.24) is 5.32 Å². The van der Waals surface area contributed by atoms with Crippen LogP contribution in [-0.4, -0.2) is 47.6 Å². The fourth-order valence-corrected chi connectivity index (χ4v) is 3.86. The van der Waals surface area contributed by atoms with Crippen molar-refractivity contribution in [3.63, 3.8) is 0 Å². The van der Waals surface area contributed by atoms with Gasteiger partial charge in [-0.25, -0.2) is 9.18 Å². The summed E-state index contributed by atoms with van der Waals surface area (Å²) in [6, 6.07) is 11.1. The van der Waals surface area contributed by atoms with E-state index in [0.29, 0.717) is 22.7 Å². The van der Waals surface area contributed by atoms with E-state index >= 15 is 0 Å². The Hall–Kier alpha value is -3.46. The smallest absolute Gasteiger partial charge is 0.415 e. The molecule has 2 aromatic carbocycles. The number of para-hydroxylation sites is 1. The van der Waals surface area contributed by atoms with Crippen molar-refractivity contribution in [2.45, 2.75) is 38.0 Å². The molecule has 1 unspecified atom stereocenters. The first-order chi connectivity index (χ1) is 15.8. The standard InChI is InChI=1S/C23H22ClFN2O6/c24-16-6-3-4-14(10-16)13-33-23(32)27-18-7-2-1-5-15(18)8-9-19(27)22(31)26-17(11-21(29)30)20(28)12-25/h1-7,10,17,19H,8-9,11-13H2,(H,26,31)(H,29,30)/t17?,19-/m0/s1. The molecular weight excluding hydrogens is 455 g/mol. The lowest BCUT2D eigenvalue weighted by Gasteiger charge is -2.36. The van der Waals surface area contributed by atoms with Crippen LogP contribution < -0.4 is 10.2 Å². The number of carboxylic acids is 1. The number of aryl methyl sites for hydroxylation is 1. The number of nitrogens with one attached hydrogen (secondary N) is 1. The SMILES string of the molecule is O=C(O)CC(NC(=O)[C@@H]1CCc2ccccc2N1C(=O)OCc1cccc(Cl)c1)C(=O)CF. The molecule has 0 fully saturated rings. The van der Waals surface area contributed by atoms with Gasteiger partial charge >= 0.3 is 12.1 Å². The summed E-state index contributed by atoms with van der Waals surface area (Å²) in [6.45, 7) is -1.51. The van der Waals surface area contributed by atoms with Crippen molar-refractivity contribution < 1.29 is 33.4 Å². The van der Waals surface area contributed by atoms with E-state index in [1.807, 2.05) is 6.07 Å². The van der Waals surface area contributed by atoms with Crippen LogP contribution in [0.1, 0.15) is 24.0 Å². The van der Waals surface area contributed by atoms with Crippen molar-refractivity contribution in [3.05, 3.63) is 64.7 Å². The lowest BCUT2D eigenvalue weighted by molar-refractivity contribution is -0.140. The molecule has 0 bridgehead atoms. The number of halogens is 2. The van der Waals surface area contributed by atoms with Gasteiger partial charge in [-0.3, -0.25) is 19.3 Å². The number of nitrogens with zero attached hydrogens (tertiary/aromatic N) is 1. The Kier molecular flexibility index (Phi) is 8.00. The molecule has 2 amide bonds. The van der Waals surface area contributed by atoms with E-state index in [2.05, 4.69) is 5.32 Å². The molecule has 10 heteroatoms. The van der Waals surface area contributed by atoms with E-state index in [4.69, 9.17) is 21.4 Å². The summed E-state index contributed by atoms with van der Waals surface area (Å²) in [5, 5.41) is 11.8. The topological polar surface area (TPSA) is 113 Å². The molecule has 33 heavy (non-hydrogen) atoms. The first-order valence-electron chi connectivity index (χ1n) is 10.2. The molecule has 3 rings (SSSR count). The van der Waals surface area contributed by atoms with Gasteiger partial charge < -0.3 is 15.2 Å². The van der Waals surface area contributed by atoms with E-state index in [1.54, 1.807) is 42.5 Å². The maximum atomic E-state index is 13.1. The summed E-state index contributed by atoms with van der Waals surface area (Å²) in [6.07, 6.45) is -0.892. The number of carbonyl (C=O) groups is 4. The summed E-state index contributed by atoms with van der Waals surface area (Å²) < 4.78 is 18.3. The van der Waals surface area contributed by atoms with Crippen LogP contribution in [0.15, 0.2) is 48.5 Å². The van der Waals surface area contributed by atoms with Crippen molar-refractivity contribution in [1.29, 1.82) is 0 Å². The van der Waals surface area contributed by atoms with Crippen molar-refractivity contribution in [2.75, 3.05) is 11.6 Å². The van der Waals surface area contributed by atoms with E-state index in [0.717, 1.165) is 5.56 Å². The number of anilines is 1. The monoisotopic (exact) mass is 476 g/mol.